The van der Waals surface area contributed by atoms with E-state index in [2.05, 4.69) is 22.0 Å². The first-order chi connectivity index (χ1) is 16.9. The Morgan fingerprint density at radius 1 is 1.00 bits per heavy atom. The largest absolute Gasteiger partial charge is 0.369 e. The molecule has 0 saturated carbocycles. The van der Waals surface area contributed by atoms with Gasteiger partial charge in [-0.05, 0) is 68.8 Å². The molecule has 0 aromatic heterocycles. The van der Waals surface area contributed by atoms with Crippen molar-refractivity contribution in [1.29, 1.82) is 0 Å². The Morgan fingerprint density at radius 3 is 2.37 bits per heavy atom. The summed E-state index contributed by atoms with van der Waals surface area (Å²) < 4.78 is 27.4. The third kappa shape index (κ3) is 5.99. The van der Waals surface area contributed by atoms with Gasteiger partial charge in [-0.25, -0.2) is 8.78 Å². The molecule has 2 amide bonds. The predicted octanol–water partition coefficient (Wildman–Crippen LogP) is 3.84. The molecule has 2 atom stereocenters. The fourth-order valence-electron chi connectivity index (χ4n) is 5.02. The zero-order valence-electron chi connectivity index (χ0n) is 20.5. The first kappa shape index (κ1) is 25.1. The van der Waals surface area contributed by atoms with Gasteiger partial charge in [0.15, 0.2) is 0 Å². The standard InChI is InChI=1S/C27H34F2N4O2/c1-3-31-13-15-32(16-14-31)25-11-10-23(29)17-24(25)19(2)30-26(34)21-5-4-12-33(18-21)27(35)20-6-8-22(28)9-7-20/h6-11,17,19,21H,3-5,12-16,18H2,1-2H3,(H,30,34). The lowest BCUT2D eigenvalue weighted by Gasteiger charge is -2.37. The predicted molar refractivity (Wildman–Crippen MR) is 132 cm³/mol. The number of nitrogens with one attached hydrogen (secondary N) is 1. The van der Waals surface area contributed by atoms with Crippen LogP contribution in [0.5, 0.6) is 0 Å². The molecule has 2 aliphatic heterocycles. The van der Waals surface area contributed by atoms with Gasteiger partial charge < -0.3 is 20.0 Å². The van der Waals surface area contributed by atoms with Crippen molar-refractivity contribution in [1.82, 2.24) is 15.1 Å². The minimum Gasteiger partial charge on any atom is -0.369 e. The molecule has 0 radical (unpaired) electrons. The van der Waals surface area contributed by atoms with Crippen molar-refractivity contribution in [2.75, 3.05) is 50.7 Å². The molecule has 2 aromatic carbocycles. The molecule has 35 heavy (non-hydrogen) atoms. The molecule has 2 saturated heterocycles. The van der Waals surface area contributed by atoms with Gasteiger partial charge in [0.25, 0.3) is 5.91 Å². The molecule has 2 heterocycles. The second kappa shape index (κ2) is 11.2. The summed E-state index contributed by atoms with van der Waals surface area (Å²) >= 11 is 0. The molecule has 2 aliphatic rings. The number of carbonyl (C=O) groups is 2. The molecule has 4 rings (SSSR count). The van der Waals surface area contributed by atoms with Crippen LogP contribution in [0, 0.1) is 17.6 Å². The highest BCUT2D eigenvalue weighted by Crippen LogP contribution is 2.29. The summed E-state index contributed by atoms with van der Waals surface area (Å²) in [4.78, 5) is 32.3. The fourth-order valence-corrected chi connectivity index (χ4v) is 5.02. The van der Waals surface area contributed by atoms with Crippen LogP contribution in [0.3, 0.4) is 0 Å². The van der Waals surface area contributed by atoms with E-state index in [1.165, 1.54) is 36.4 Å². The van der Waals surface area contributed by atoms with E-state index in [1.54, 1.807) is 11.0 Å². The summed E-state index contributed by atoms with van der Waals surface area (Å²) in [5.74, 6) is -1.41. The summed E-state index contributed by atoms with van der Waals surface area (Å²) in [7, 11) is 0. The number of piperidine rings is 1. The van der Waals surface area contributed by atoms with Crippen molar-refractivity contribution in [2.45, 2.75) is 32.7 Å². The normalized spacial score (nSPS) is 19.9. The number of nitrogens with zero attached hydrogens (tertiary/aromatic N) is 3. The highest BCUT2D eigenvalue weighted by molar-refractivity contribution is 5.94. The summed E-state index contributed by atoms with van der Waals surface area (Å²) in [5, 5.41) is 3.07. The molecule has 6 nitrogen and oxygen atoms in total. The summed E-state index contributed by atoms with van der Waals surface area (Å²) in [5.41, 5.74) is 2.12. The van der Waals surface area contributed by atoms with E-state index in [1.807, 2.05) is 6.92 Å². The fraction of sp³-hybridized carbons (Fsp3) is 0.481. The van der Waals surface area contributed by atoms with Gasteiger partial charge in [-0.2, -0.15) is 0 Å². The third-order valence-corrected chi connectivity index (χ3v) is 7.15. The molecule has 0 aliphatic carbocycles. The van der Waals surface area contributed by atoms with E-state index < -0.39 is 5.82 Å². The highest BCUT2D eigenvalue weighted by atomic mass is 19.1. The summed E-state index contributed by atoms with van der Waals surface area (Å²) in [6.45, 7) is 9.53. The molecule has 0 bridgehead atoms. The van der Waals surface area contributed by atoms with Crippen molar-refractivity contribution >= 4 is 17.5 Å². The topological polar surface area (TPSA) is 55.9 Å². The maximum absolute atomic E-state index is 14.2. The van der Waals surface area contributed by atoms with Gasteiger partial charge in [0.05, 0.1) is 12.0 Å². The molecule has 2 aromatic rings. The van der Waals surface area contributed by atoms with Gasteiger partial charge in [0.2, 0.25) is 5.91 Å². The second-order valence-electron chi connectivity index (χ2n) is 9.45. The number of piperazine rings is 1. The van der Waals surface area contributed by atoms with E-state index in [0.29, 0.717) is 31.5 Å². The Labute approximate surface area is 205 Å². The van der Waals surface area contributed by atoms with Crippen LogP contribution in [0.25, 0.3) is 0 Å². The summed E-state index contributed by atoms with van der Waals surface area (Å²) in [6, 6.07) is 9.88. The molecule has 2 fully saturated rings. The minimum absolute atomic E-state index is 0.139. The third-order valence-electron chi connectivity index (χ3n) is 7.15. The van der Waals surface area contributed by atoms with Gasteiger partial charge in [-0.1, -0.05) is 6.92 Å². The van der Waals surface area contributed by atoms with E-state index in [9.17, 15) is 18.4 Å². The lowest BCUT2D eigenvalue weighted by Crippen LogP contribution is -2.47. The van der Waals surface area contributed by atoms with Crippen LogP contribution in [-0.4, -0.2) is 67.4 Å². The van der Waals surface area contributed by atoms with Crippen LogP contribution >= 0.6 is 0 Å². The van der Waals surface area contributed by atoms with Gasteiger partial charge in [-0.3, -0.25) is 9.59 Å². The zero-order valence-corrected chi connectivity index (χ0v) is 20.5. The van der Waals surface area contributed by atoms with E-state index >= 15 is 0 Å². The number of anilines is 1. The molecular weight excluding hydrogens is 450 g/mol. The maximum atomic E-state index is 14.2. The average molecular weight is 485 g/mol. The average Bonchev–Trinajstić information content (AvgIpc) is 2.88. The number of rotatable bonds is 6. The lowest BCUT2D eigenvalue weighted by atomic mass is 9.95. The zero-order chi connectivity index (χ0) is 24.9. The molecule has 2 unspecified atom stereocenters. The quantitative estimate of drug-likeness (QED) is 0.677. The SMILES string of the molecule is CCN1CCN(c2ccc(F)cc2C(C)NC(=O)C2CCCN(C(=O)c3ccc(F)cc3)C2)CC1. The molecule has 8 heteroatoms. The van der Waals surface area contributed by atoms with Crippen LogP contribution in [0.4, 0.5) is 14.5 Å². The number of amides is 2. The van der Waals surface area contributed by atoms with Crippen LogP contribution < -0.4 is 10.2 Å². The number of carbonyl (C=O) groups excluding carboxylic acids is 2. The van der Waals surface area contributed by atoms with Crippen molar-refractivity contribution in [3.8, 4) is 0 Å². The van der Waals surface area contributed by atoms with Crippen molar-refractivity contribution in [2.24, 2.45) is 5.92 Å². The number of halogens is 2. The Bertz CT molecular complexity index is 1040. The first-order valence-corrected chi connectivity index (χ1v) is 12.5. The van der Waals surface area contributed by atoms with Gasteiger partial charge in [0, 0.05) is 56.1 Å². The van der Waals surface area contributed by atoms with Gasteiger partial charge in [-0.15, -0.1) is 0 Å². The molecule has 0 spiro atoms. The monoisotopic (exact) mass is 484 g/mol. The van der Waals surface area contributed by atoms with E-state index in [4.69, 9.17) is 0 Å². The van der Waals surface area contributed by atoms with E-state index in [0.717, 1.165) is 44.0 Å². The van der Waals surface area contributed by atoms with Crippen LogP contribution in [0.2, 0.25) is 0 Å². The first-order valence-electron chi connectivity index (χ1n) is 12.5. The van der Waals surface area contributed by atoms with Crippen molar-refractivity contribution in [3.05, 3.63) is 65.2 Å². The highest BCUT2D eigenvalue weighted by Gasteiger charge is 2.30. The smallest absolute Gasteiger partial charge is 0.253 e. The number of benzene rings is 2. The van der Waals surface area contributed by atoms with Crippen LogP contribution in [0.1, 0.15) is 48.7 Å². The maximum Gasteiger partial charge on any atom is 0.253 e. The number of likely N-dealkylation sites (tertiary alicyclic amines) is 1. The summed E-state index contributed by atoms with van der Waals surface area (Å²) in [6.07, 6.45) is 1.40. The Balaban J connectivity index is 1.42. The lowest BCUT2D eigenvalue weighted by molar-refractivity contribution is -0.127. The minimum atomic E-state index is -0.393. The molecule has 1 N–H and O–H groups in total. The molecular formula is C27H34F2N4O2. The van der Waals surface area contributed by atoms with Crippen LogP contribution in [0.15, 0.2) is 42.5 Å². The second-order valence-corrected chi connectivity index (χ2v) is 9.45. The Hall–Kier alpha value is -3.00. The molecule has 188 valence electrons. The van der Waals surface area contributed by atoms with Gasteiger partial charge >= 0.3 is 0 Å². The van der Waals surface area contributed by atoms with Crippen molar-refractivity contribution in [3.63, 3.8) is 0 Å². The van der Waals surface area contributed by atoms with Gasteiger partial charge in [0.1, 0.15) is 11.6 Å². The van der Waals surface area contributed by atoms with Crippen LogP contribution in [-0.2, 0) is 4.79 Å². The van der Waals surface area contributed by atoms with E-state index in [-0.39, 0.29) is 29.6 Å². The Morgan fingerprint density at radius 2 is 1.69 bits per heavy atom. The number of hydrogen-bond acceptors (Lipinski definition) is 4. The Kier molecular flexibility index (Phi) is 8.00. The van der Waals surface area contributed by atoms with Crippen molar-refractivity contribution < 1.29 is 18.4 Å². The number of hydrogen-bond donors (Lipinski definition) is 1. The number of likely N-dealkylation sites (N-methyl/N-ethyl adjacent to an activating group) is 1.